The number of Topliss-reactive ketones (excluding diaryl/α,β-unsaturated/α-hetero) is 1. The monoisotopic (exact) mass is 373 g/mol. The number of carbonyl (C=O) groups is 2. The molecule has 0 saturated carbocycles. The fourth-order valence-corrected chi connectivity index (χ4v) is 4.05. The second kappa shape index (κ2) is 7.78. The molecule has 1 amide bonds. The van der Waals surface area contributed by atoms with Crippen LogP contribution in [0.5, 0.6) is 0 Å². The molecule has 1 saturated heterocycles. The van der Waals surface area contributed by atoms with E-state index in [1.54, 1.807) is 0 Å². The van der Waals surface area contributed by atoms with Gasteiger partial charge < -0.3 is 0 Å². The van der Waals surface area contributed by atoms with Gasteiger partial charge in [-0.25, -0.2) is 4.99 Å². The normalized spacial score (nSPS) is 22.5. The lowest BCUT2D eigenvalue weighted by Crippen LogP contribution is -2.43. The van der Waals surface area contributed by atoms with Crippen LogP contribution in [-0.4, -0.2) is 41.9 Å². The zero-order valence-electron chi connectivity index (χ0n) is 15.2. The van der Waals surface area contributed by atoms with Crippen LogP contribution in [0.3, 0.4) is 0 Å². The smallest absolute Gasteiger partial charge is 0.291 e. The molecule has 2 unspecified atom stereocenters. The Kier molecular flexibility index (Phi) is 5.04. The number of hydrogen-bond acceptors (Lipinski definition) is 5. The molecule has 0 radical (unpaired) electrons. The molecule has 0 spiro atoms. The summed E-state index contributed by atoms with van der Waals surface area (Å²) < 4.78 is 0. The number of nitroso groups, excluding NO2 is 1. The van der Waals surface area contributed by atoms with Crippen LogP contribution in [0.25, 0.3) is 5.57 Å². The molecule has 2 aromatic rings. The summed E-state index contributed by atoms with van der Waals surface area (Å²) in [6, 6.07) is 18.7. The highest BCUT2D eigenvalue weighted by atomic mass is 16.3. The molecule has 6 nitrogen and oxygen atoms in total. The zero-order valence-corrected chi connectivity index (χ0v) is 15.2. The Labute approximate surface area is 162 Å². The summed E-state index contributed by atoms with van der Waals surface area (Å²) >= 11 is 0. The van der Waals surface area contributed by atoms with Gasteiger partial charge in [0.25, 0.3) is 0 Å². The SMILES string of the molecule is O=NC(=O)C1=C(c2ccccc2)C(N2CCC(c3ccccc3)C2)C(=O)C=N1. The van der Waals surface area contributed by atoms with Crippen molar-refractivity contribution in [2.75, 3.05) is 13.1 Å². The van der Waals surface area contributed by atoms with Gasteiger partial charge in [-0.05, 0) is 30.0 Å². The van der Waals surface area contributed by atoms with Crippen LogP contribution in [0.2, 0.25) is 0 Å². The number of carbonyl (C=O) groups excluding carboxylic acids is 2. The predicted molar refractivity (Wildman–Crippen MR) is 107 cm³/mol. The van der Waals surface area contributed by atoms with Crippen LogP contribution in [0.15, 0.2) is 76.5 Å². The Morgan fingerprint density at radius 1 is 1.04 bits per heavy atom. The average Bonchev–Trinajstić information content (AvgIpc) is 3.24. The minimum absolute atomic E-state index is 0.0473. The highest BCUT2D eigenvalue weighted by Gasteiger charge is 2.39. The number of aliphatic imine (C=N–C) groups is 1. The van der Waals surface area contributed by atoms with Crippen molar-refractivity contribution in [1.82, 2.24) is 4.90 Å². The van der Waals surface area contributed by atoms with Gasteiger partial charge in [0.2, 0.25) is 0 Å². The van der Waals surface area contributed by atoms with Crippen LogP contribution < -0.4 is 0 Å². The number of ketones is 1. The van der Waals surface area contributed by atoms with E-state index in [9.17, 15) is 14.5 Å². The van der Waals surface area contributed by atoms with Gasteiger partial charge >= 0.3 is 5.91 Å². The number of rotatable bonds is 4. The van der Waals surface area contributed by atoms with Gasteiger partial charge in [0.15, 0.2) is 5.78 Å². The first-order chi connectivity index (χ1) is 13.7. The lowest BCUT2D eigenvalue weighted by atomic mass is 9.90. The van der Waals surface area contributed by atoms with E-state index in [4.69, 9.17) is 0 Å². The number of likely N-dealkylation sites (tertiary alicyclic amines) is 1. The summed E-state index contributed by atoms with van der Waals surface area (Å²) in [4.78, 5) is 41.9. The largest absolute Gasteiger partial charge is 0.335 e. The quantitative estimate of drug-likeness (QED) is 0.771. The van der Waals surface area contributed by atoms with Crippen LogP contribution in [-0.2, 0) is 9.59 Å². The third-order valence-electron chi connectivity index (χ3n) is 5.35. The summed E-state index contributed by atoms with van der Waals surface area (Å²) in [6.07, 6.45) is 2.06. The summed E-state index contributed by atoms with van der Waals surface area (Å²) in [5.74, 6) is -0.824. The van der Waals surface area contributed by atoms with Gasteiger partial charge in [-0.2, -0.15) is 0 Å². The molecule has 0 aliphatic carbocycles. The van der Waals surface area contributed by atoms with Crippen molar-refractivity contribution >= 4 is 23.5 Å². The molecule has 1 fully saturated rings. The topological polar surface area (TPSA) is 79.2 Å². The maximum Gasteiger partial charge on any atom is 0.335 e. The van der Waals surface area contributed by atoms with E-state index in [-0.39, 0.29) is 11.5 Å². The van der Waals surface area contributed by atoms with E-state index in [1.165, 1.54) is 5.56 Å². The Morgan fingerprint density at radius 3 is 2.39 bits per heavy atom. The number of nitrogens with zero attached hydrogens (tertiary/aromatic N) is 3. The van der Waals surface area contributed by atoms with E-state index in [1.807, 2.05) is 48.5 Å². The molecule has 140 valence electrons. The van der Waals surface area contributed by atoms with Crippen molar-refractivity contribution in [1.29, 1.82) is 0 Å². The van der Waals surface area contributed by atoms with Crippen molar-refractivity contribution in [3.8, 4) is 0 Å². The molecule has 6 heteroatoms. The number of hydrogen-bond donors (Lipinski definition) is 0. The van der Waals surface area contributed by atoms with Crippen molar-refractivity contribution < 1.29 is 9.59 Å². The van der Waals surface area contributed by atoms with Gasteiger partial charge in [-0.15, -0.1) is 4.91 Å². The summed E-state index contributed by atoms with van der Waals surface area (Å²) in [6.45, 7) is 1.41. The van der Waals surface area contributed by atoms with E-state index in [2.05, 4.69) is 27.2 Å². The van der Waals surface area contributed by atoms with Gasteiger partial charge in [-0.3, -0.25) is 14.5 Å². The third-order valence-corrected chi connectivity index (χ3v) is 5.35. The standard InChI is InChI=1S/C22H19N3O3/c26-18-13-23-20(22(27)24-28)19(16-9-5-2-6-10-16)21(18)25-12-11-17(14-25)15-7-3-1-4-8-15/h1-10,13,17,21H,11-12,14H2. The predicted octanol–water partition coefficient (Wildman–Crippen LogP) is 3.20. The second-order valence-electron chi connectivity index (χ2n) is 6.98. The Hall–Kier alpha value is -3.25. The maximum absolute atomic E-state index is 12.8. The van der Waals surface area contributed by atoms with Crippen LogP contribution in [0.4, 0.5) is 0 Å². The van der Waals surface area contributed by atoms with E-state index >= 15 is 0 Å². The molecule has 2 atom stereocenters. The number of benzene rings is 2. The average molecular weight is 373 g/mol. The first-order valence-electron chi connectivity index (χ1n) is 9.23. The second-order valence-corrected chi connectivity index (χ2v) is 6.98. The van der Waals surface area contributed by atoms with E-state index in [0.29, 0.717) is 23.6 Å². The van der Waals surface area contributed by atoms with Crippen molar-refractivity contribution in [2.45, 2.75) is 18.4 Å². The van der Waals surface area contributed by atoms with Crippen LogP contribution in [0, 0.1) is 4.91 Å². The lowest BCUT2D eigenvalue weighted by molar-refractivity contribution is -0.115. The molecule has 0 N–H and O–H groups in total. The van der Waals surface area contributed by atoms with Crippen molar-refractivity contribution in [2.24, 2.45) is 10.2 Å². The third kappa shape index (κ3) is 3.34. The fraction of sp³-hybridized carbons (Fsp3) is 0.227. The van der Waals surface area contributed by atoms with E-state index in [0.717, 1.165) is 19.2 Å². The maximum atomic E-state index is 12.8. The van der Waals surface area contributed by atoms with E-state index < -0.39 is 11.9 Å². The molecule has 28 heavy (non-hydrogen) atoms. The van der Waals surface area contributed by atoms with Gasteiger partial charge in [0, 0.05) is 17.3 Å². The zero-order chi connectivity index (χ0) is 19.5. The van der Waals surface area contributed by atoms with Gasteiger partial charge in [-0.1, -0.05) is 60.7 Å². The number of amides is 1. The van der Waals surface area contributed by atoms with Crippen LogP contribution in [0.1, 0.15) is 23.5 Å². The lowest BCUT2D eigenvalue weighted by Gasteiger charge is -2.30. The molecule has 2 heterocycles. The highest BCUT2D eigenvalue weighted by molar-refractivity contribution is 6.36. The van der Waals surface area contributed by atoms with Gasteiger partial charge in [0.05, 0.1) is 6.21 Å². The Balaban J connectivity index is 1.73. The summed E-state index contributed by atoms with van der Waals surface area (Å²) in [5.41, 5.74) is 2.35. The fourth-order valence-electron chi connectivity index (χ4n) is 4.05. The molecular formula is C22H19N3O3. The Morgan fingerprint density at radius 2 is 1.71 bits per heavy atom. The minimum atomic E-state index is -0.952. The van der Waals surface area contributed by atoms with Crippen molar-refractivity contribution in [3.05, 3.63) is 82.4 Å². The molecule has 4 rings (SSSR count). The Bertz CT molecular complexity index is 967. The molecule has 2 aliphatic rings. The van der Waals surface area contributed by atoms with Crippen molar-refractivity contribution in [3.63, 3.8) is 0 Å². The highest BCUT2D eigenvalue weighted by Crippen LogP contribution is 2.35. The molecule has 2 aromatic carbocycles. The molecule has 0 bridgehead atoms. The van der Waals surface area contributed by atoms with Gasteiger partial charge in [0.1, 0.15) is 11.7 Å². The first-order valence-corrected chi connectivity index (χ1v) is 9.23. The summed E-state index contributed by atoms with van der Waals surface area (Å²) in [7, 11) is 0. The molecule has 0 aromatic heterocycles. The molecular weight excluding hydrogens is 354 g/mol. The summed E-state index contributed by atoms with van der Waals surface area (Å²) in [5, 5.41) is 2.55. The van der Waals surface area contributed by atoms with Crippen LogP contribution >= 0.6 is 0 Å². The first kappa shape index (κ1) is 18.1. The minimum Gasteiger partial charge on any atom is -0.291 e. The molecule has 2 aliphatic heterocycles.